The summed E-state index contributed by atoms with van der Waals surface area (Å²) in [5, 5.41) is 9.66. The van der Waals surface area contributed by atoms with E-state index >= 15 is 0 Å². The van der Waals surface area contributed by atoms with E-state index in [9.17, 15) is 14.7 Å². The van der Waals surface area contributed by atoms with Crippen molar-refractivity contribution in [2.24, 2.45) is 0 Å². The first kappa shape index (κ1) is 67.6. The summed E-state index contributed by atoms with van der Waals surface area (Å²) in [6, 6.07) is 0. The second-order valence-corrected chi connectivity index (χ2v) is 20.8. The molecule has 0 rings (SSSR count). The third-order valence-electron chi connectivity index (χ3n) is 13.8. The quantitative estimate of drug-likeness (QED) is 0.0373. The Bertz CT molecular complexity index is 1200. The molecule has 0 aliphatic heterocycles. The number of unbranched alkanes of at least 4 members (excludes halogenated alkanes) is 39. The van der Waals surface area contributed by atoms with Crippen LogP contribution in [0, 0.1) is 0 Å². The van der Waals surface area contributed by atoms with Crippen molar-refractivity contribution in [2.45, 2.75) is 328 Å². The Kier molecular flexibility index (Phi) is 58.8. The summed E-state index contributed by atoms with van der Waals surface area (Å²) in [5.41, 5.74) is 0. The average molecular weight is 980 g/mol. The molecule has 70 heavy (non-hydrogen) atoms. The van der Waals surface area contributed by atoms with Gasteiger partial charge in [0.15, 0.2) is 6.10 Å². The molecule has 1 atom stereocenters. The van der Waals surface area contributed by atoms with E-state index in [2.05, 4.69) is 74.6 Å². The van der Waals surface area contributed by atoms with Gasteiger partial charge in [-0.25, -0.2) is 0 Å². The van der Waals surface area contributed by atoms with Gasteiger partial charge in [-0.3, -0.25) is 9.59 Å². The number of carbonyl (C=O) groups excluding carboxylic acids is 2. The topological polar surface area (TPSA) is 72.8 Å². The first-order chi connectivity index (χ1) is 34.6. The number of esters is 2. The van der Waals surface area contributed by atoms with Gasteiger partial charge in [0, 0.05) is 12.8 Å². The summed E-state index contributed by atoms with van der Waals surface area (Å²) in [6.07, 6.45) is 82.2. The number of hydrogen-bond acceptors (Lipinski definition) is 5. The van der Waals surface area contributed by atoms with Crippen LogP contribution in [-0.4, -0.2) is 36.4 Å². The predicted octanol–water partition coefficient (Wildman–Crippen LogP) is 21.0. The van der Waals surface area contributed by atoms with Crippen molar-refractivity contribution in [3.05, 3.63) is 60.8 Å². The molecule has 0 saturated heterocycles. The van der Waals surface area contributed by atoms with E-state index in [1.807, 2.05) is 0 Å². The molecular weight excluding hydrogens is 861 g/mol. The molecular formula is C65H118O5. The highest BCUT2D eigenvalue weighted by Crippen LogP contribution is 2.18. The minimum absolute atomic E-state index is 0.0600. The van der Waals surface area contributed by atoms with Crippen molar-refractivity contribution < 1.29 is 24.2 Å². The Morgan fingerprint density at radius 1 is 0.343 bits per heavy atom. The first-order valence-electron chi connectivity index (χ1n) is 30.8. The predicted molar refractivity (Wildman–Crippen MR) is 307 cm³/mol. The van der Waals surface area contributed by atoms with Crippen LogP contribution in [0.2, 0.25) is 0 Å². The molecule has 0 bridgehead atoms. The molecule has 1 N–H and O–H groups in total. The first-order valence-corrected chi connectivity index (χ1v) is 30.8. The molecule has 408 valence electrons. The van der Waals surface area contributed by atoms with Gasteiger partial charge < -0.3 is 14.6 Å². The molecule has 0 heterocycles. The summed E-state index contributed by atoms with van der Waals surface area (Å²) in [6.45, 7) is 4.07. The maximum absolute atomic E-state index is 12.3. The molecule has 0 aliphatic rings. The van der Waals surface area contributed by atoms with Gasteiger partial charge >= 0.3 is 11.9 Å². The van der Waals surface area contributed by atoms with Gasteiger partial charge in [-0.1, -0.05) is 312 Å². The Balaban J connectivity index is 3.41. The van der Waals surface area contributed by atoms with Gasteiger partial charge in [0.05, 0.1) is 6.61 Å². The largest absolute Gasteiger partial charge is 0.462 e. The summed E-state index contributed by atoms with van der Waals surface area (Å²) in [4.78, 5) is 24.5. The standard InChI is InChI=1S/C65H118O5/c1-3-5-7-9-11-13-15-17-19-21-23-24-25-26-27-28-29-30-31-32-33-34-35-36-37-38-39-40-42-44-46-48-50-52-54-56-58-60-65(68)70-63(61-66)62-69-64(67)59-57-55-53-51-49-47-45-43-41-22-20-18-16-14-12-10-8-6-4-2/h5,7,11,13,17,19,23-24,26-27,63,66H,3-4,6,8-10,12,14-16,18,20-22,25,28-62H2,1-2H3/b7-5-,13-11-,19-17-,24-23-,27-26-. The number of ether oxygens (including phenoxy) is 2. The van der Waals surface area contributed by atoms with Crippen LogP contribution in [-0.2, 0) is 19.1 Å². The average Bonchev–Trinajstić information content (AvgIpc) is 3.36. The zero-order valence-electron chi connectivity index (χ0n) is 46.8. The van der Waals surface area contributed by atoms with Crippen LogP contribution >= 0.6 is 0 Å². The van der Waals surface area contributed by atoms with Gasteiger partial charge in [0.2, 0.25) is 0 Å². The van der Waals surface area contributed by atoms with Gasteiger partial charge in [-0.2, -0.15) is 0 Å². The van der Waals surface area contributed by atoms with E-state index in [4.69, 9.17) is 9.47 Å². The smallest absolute Gasteiger partial charge is 0.306 e. The fourth-order valence-electron chi connectivity index (χ4n) is 9.23. The van der Waals surface area contributed by atoms with E-state index in [0.717, 1.165) is 64.2 Å². The minimum atomic E-state index is -0.769. The van der Waals surface area contributed by atoms with Gasteiger partial charge in [0.1, 0.15) is 6.61 Å². The highest BCUT2D eigenvalue weighted by atomic mass is 16.6. The van der Waals surface area contributed by atoms with E-state index in [-0.39, 0.29) is 25.2 Å². The van der Waals surface area contributed by atoms with Crippen molar-refractivity contribution >= 4 is 11.9 Å². The molecule has 1 unspecified atom stereocenters. The van der Waals surface area contributed by atoms with Gasteiger partial charge in [-0.15, -0.1) is 0 Å². The number of allylic oxidation sites excluding steroid dienone is 10. The Morgan fingerprint density at radius 3 is 0.929 bits per heavy atom. The SMILES string of the molecule is CC/C=C\C/C=C\C/C=C\C/C=C\C/C=C\CCCCCCCCCCCCCCCCCCCCCCCC(=O)OC(CO)COC(=O)CCCCCCCCCCCCCCCCCCCCC. The summed E-state index contributed by atoms with van der Waals surface area (Å²) < 4.78 is 10.7. The maximum atomic E-state index is 12.3. The molecule has 0 spiro atoms. The lowest BCUT2D eigenvalue weighted by Crippen LogP contribution is -2.28. The van der Waals surface area contributed by atoms with Crippen LogP contribution in [0.3, 0.4) is 0 Å². The Morgan fingerprint density at radius 2 is 0.614 bits per heavy atom. The fraction of sp³-hybridized carbons (Fsp3) is 0.815. The number of carbonyl (C=O) groups is 2. The normalized spacial score (nSPS) is 12.6. The van der Waals surface area contributed by atoms with Gasteiger partial charge in [0.25, 0.3) is 0 Å². The summed E-state index contributed by atoms with van der Waals surface area (Å²) in [5.74, 6) is -0.571. The lowest BCUT2D eigenvalue weighted by atomic mass is 10.0. The van der Waals surface area contributed by atoms with Crippen LogP contribution in [0.1, 0.15) is 322 Å². The fourth-order valence-corrected chi connectivity index (χ4v) is 9.23. The van der Waals surface area contributed by atoms with Crippen molar-refractivity contribution in [1.82, 2.24) is 0 Å². The van der Waals surface area contributed by atoms with E-state index in [1.54, 1.807) is 0 Å². The minimum Gasteiger partial charge on any atom is -0.462 e. The zero-order chi connectivity index (χ0) is 50.6. The molecule has 0 aromatic carbocycles. The van der Waals surface area contributed by atoms with Crippen LogP contribution in [0.4, 0.5) is 0 Å². The van der Waals surface area contributed by atoms with Crippen molar-refractivity contribution in [2.75, 3.05) is 13.2 Å². The number of hydrogen-bond donors (Lipinski definition) is 1. The lowest BCUT2D eigenvalue weighted by Gasteiger charge is -2.15. The molecule has 0 amide bonds. The van der Waals surface area contributed by atoms with Gasteiger partial charge in [-0.05, 0) is 57.8 Å². The molecule has 0 aromatic heterocycles. The van der Waals surface area contributed by atoms with Crippen molar-refractivity contribution in [3.63, 3.8) is 0 Å². The summed E-state index contributed by atoms with van der Waals surface area (Å²) in [7, 11) is 0. The third kappa shape index (κ3) is 58.2. The zero-order valence-corrected chi connectivity index (χ0v) is 46.8. The molecule has 0 radical (unpaired) electrons. The molecule has 5 heteroatoms. The van der Waals surface area contributed by atoms with E-state index < -0.39 is 6.10 Å². The third-order valence-corrected chi connectivity index (χ3v) is 13.8. The van der Waals surface area contributed by atoms with E-state index in [1.165, 1.54) is 231 Å². The van der Waals surface area contributed by atoms with E-state index in [0.29, 0.717) is 12.8 Å². The molecule has 0 fully saturated rings. The molecule has 0 aliphatic carbocycles. The number of aliphatic hydroxyl groups is 1. The molecule has 0 aromatic rings. The Labute approximate surface area is 436 Å². The molecule has 5 nitrogen and oxygen atoms in total. The highest BCUT2D eigenvalue weighted by molar-refractivity contribution is 5.70. The highest BCUT2D eigenvalue weighted by Gasteiger charge is 2.16. The summed E-state index contributed by atoms with van der Waals surface area (Å²) >= 11 is 0. The number of aliphatic hydroxyl groups excluding tert-OH is 1. The Hall–Kier alpha value is -2.40. The molecule has 0 saturated carbocycles. The van der Waals surface area contributed by atoms with Crippen molar-refractivity contribution in [3.8, 4) is 0 Å². The van der Waals surface area contributed by atoms with Crippen LogP contribution in [0.5, 0.6) is 0 Å². The number of rotatable bonds is 57. The maximum Gasteiger partial charge on any atom is 0.306 e. The monoisotopic (exact) mass is 979 g/mol. The van der Waals surface area contributed by atoms with Crippen LogP contribution in [0.15, 0.2) is 60.8 Å². The van der Waals surface area contributed by atoms with Crippen LogP contribution in [0.25, 0.3) is 0 Å². The second kappa shape index (κ2) is 60.9. The van der Waals surface area contributed by atoms with Crippen LogP contribution < -0.4 is 0 Å². The lowest BCUT2D eigenvalue weighted by molar-refractivity contribution is -0.161. The second-order valence-electron chi connectivity index (χ2n) is 20.8. The van der Waals surface area contributed by atoms with Crippen molar-refractivity contribution in [1.29, 1.82) is 0 Å².